The number of aromatic amines is 1. The van der Waals surface area contributed by atoms with E-state index in [2.05, 4.69) is 27.3 Å². The third kappa shape index (κ3) is 4.60. The van der Waals surface area contributed by atoms with Crippen LogP contribution in [-0.4, -0.2) is 41.8 Å². The molecule has 5 heteroatoms. The molecule has 0 aliphatic rings. The van der Waals surface area contributed by atoms with Gasteiger partial charge in [0.15, 0.2) is 0 Å². The first-order valence-corrected chi connectivity index (χ1v) is 5.04. The number of H-pyrrole nitrogens is 1. The molecule has 15 heavy (non-hydrogen) atoms. The molecular formula is C10H18N4O. The Morgan fingerprint density at radius 1 is 1.60 bits per heavy atom. The van der Waals surface area contributed by atoms with E-state index in [1.807, 2.05) is 14.1 Å². The second-order valence-electron chi connectivity index (χ2n) is 3.97. The number of nitrogens with zero attached hydrogens (tertiary/aromatic N) is 2. The Balaban J connectivity index is 2.44. The van der Waals surface area contributed by atoms with Crippen molar-refractivity contribution < 1.29 is 0 Å². The maximum absolute atomic E-state index is 11.0. The third-order valence-electron chi connectivity index (χ3n) is 2.09. The zero-order valence-corrected chi connectivity index (χ0v) is 9.45. The Kier molecular flexibility index (Phi) is 4.30. The highest BCUT2D eigenvalue weighted by Crippen LogP contribution is 2.04. The van der Waals surface area contributed by atoms with E-state index in [-0.39, 0.29) is 5.56 Å². The second kappa shape index (κ2) is 5.50. The van der Waals surface area contributed by atoms with Gasteiger partial charge in [0, 0.05) is 12.1 Å². The maximum Gasteiger partial charge on any atom is 0.266 e. The van der Waals surface area contributed by atoms with E-state index >= 15 is 0 Å². The average Bonchev–Trinajstić information content (AvgIpc) is 2.15. The van der Waals surface area contributed by atoms with Gasteiger partial charge in [-0.25, -0.2) is 5.10 Å². The lowest BCUT2D eigenvalue weighted by atomic mass is 10.2. The van der Waals surface area contributed by atoms with Crippen LogP contribution in [0.4, 0.5) is 5.69 Å². The second-order valence-corrected chi connectivity index (χ2v) is 3.97. The van der Waals surface area contributed by atoms with Crippen molar-refractivity contribution in [1.82, 2.24) is 15.1 Å². The van der Waals surface area contributed by atoms with Crippen LogP contribution in [-0.2, 0) is 0 Å². The fourth-order valence-corrected chi connectivity index (χ4v) is 1.26. The Labute approximate surface area is 89.5 Å². The minimum Gasteiger partial charge on any atom is -0.381 e. The summed E-state index contributed by atoms with van der Waals surface area (Å²) >= 11 is 0. The van der Waals surface area contributed by atoms with Crippen LogP contribution in [0.25, 0.3) is 0 Å². The molecule has 1 heterocycles. The number of rotatable bonds is 5. The molecule has 0 aliphatic carbocycles. The lowest BCUT2D eigenvalue weighted by Crippen LogP contribution is -2.23. The van der Waals surface area contributed by atoms with Crippen LogP contribution < -0.4 is 10.9 Å². The lowest BCUT2D eigenvalue weighted by Gasteiger charge is -2.17. The molecule has 1 aromatic heterocycles. The number of nitrogens with one attached hydrogen (secondary N) is 2. The van der Waals surface area contributed by atoms with E-state index < -0.39 is 0 Å². The van der Waals surface area contributed by atoms with E-state index in [0.29, 0.717) is 6.04 Å². The van der Waals surface area contributed by atoms with Gasteiger partial charge in [-0.1, -0.05) is 0 Å². The van der Waals surface area contributed by atoms with Gasteiger partial charge in [0.05, 0.1) is 11.9 Å². The molecule has 1 aromatic rings. The molecule has 2 N–H and O–H groups in total. The predicted octanol–water partition coefficient (Wildman–Crippen LogP) is 0.522. The van der Waals surface area contributed by atoms with Crippen molar-refractivity contribution in [2.45, 2.75) is 19.4 Å². The van der Waals surface area contributed by atoms with Crippen molar-refractivity contribution in [3.05, 3.63) is 22.6 Å². The van der Waals surface area contributed by atoms with Gasteiger partial charge in [-0.05, 0) is 34.0 Å². The normalized spacial score (nSPS) is 12.8. The molecule has 0 aromatic carbocycles. The third-order valence-corrected chi connectivity index (χ3v) is 2.09. The average molecular weight is 210 g/mol. The van der Waals surface area contributed by atoms with Crippen LogP contribution >= 0.6 is 0 Å². The molecular weight excluding hydrogens is 192 g/mol. The van der Waals surface area contributed by atoms with Gasteiger partial charge in [0.1, 0.15) is 0 Å². The zero-order chi connectivity index (χ0) is 11.3. The Bertz CT molecular complexity index is 347. The summed E-state index contributed by atoms with van der Waals surface area (Å²) in [5.74, 6) is 0. The molecule has 1 unspecified atom stereocenters. The van der Waals surface area contributed by atoms with Crippen LogP contribution in [0.1, 0.15) is 13.3 Å². The topological polar surface area (TPSA) is 61.0 Å². The first kappa shape index (κ1) is 11.7. The van der Waals surface area contributed by atoms with Crippen molar-refractivity contribution in [2.24, 2.45) is 0 Å². The molecule has 0 radical (unpaired) electrons. The predicted molar refractivity (Wildman–Crippen MR) is 61.1 cm³/mol. The van der Waals surface area contributed by atoms with Crippen LogP contribution in [0, 0.1) is 0 Å². The molecule has 0 saturated carbocycles. The van der Waals surface area contributed by atoms with Gasteiger partial charge in [-0.3, -0.25) is 4.79 Å². The van der Waals surface area contributed by atoms with E-state index in [4.69, 9.17) is 0 Å². The van der Waals surface area contributed by atoms with Crippen molar-refractivity contribution in [1.29, 1.82) is 0 Å². The molecule has 0 spiro atoms. The lowest BCUT2D eigenvalue weighted by molar-refractivity contribution is 0.390. The summed E-state index contributed by atoms with van der Waals surface area (Å²) in [6.07, 6.45) is 2.65. The molecule has 0 fully saturated rings. The fourth-order valence-electron chi connectivity index (χ4n) is 1.26. The van der Waals surface area contributed by atoms with E-state index in [9.17, 15) is 4.79 Å². The van der Waals surface area contributed by atoms with E-state index in [1.54, 1.807) is 6.20 Å². The van der Waals surface area contributed by atoms with Crippen molar-refractivity contribution in [2.75, 3.05) is 26.0 Å². The number of aromatic nitrogens is 2. The minimum atomic E-state index is -0.181. The minimum absolute atomic E-state index is 0.181. The standard InChI is InChI=1S/C10H18N4O/c1-8(4-5-14(2)3)12-9-6-10(15)13-11-7-9/h6-8H,4-5H2,1-3H3,(H2,12,13,15). The first-order chi connectivity index (χ1) is 7.08. The van der Waals surface area contributed by atoms with Gasteiger partial charge in [-0.2, -0.15) is 5.10 Å². The summed E-state index contributed by atoms with van der Waals surface area (Å²) in [6, 6.07) is 1.84. The van der Waals surface area contributed by atoms with E-state index in [1.165, 1.54) is 6.07 Å². The molecule has 84 valence electrons. The molecule has 0 aliphatic heterocycles. The number of hydrogen-bond donors (Lipinski definition) is 2. The largest absolute Gasteiger partial charge is 0.381 e. The summed E-state index contributed by atoms with van der Waals surface area (Å²) in [7, 11) is 4.09. The molecule has 0 saturated heterocycles. The van der Waals surface area contributed by atoms with Gasteiger partial charge in [0.2, 0.25) is 0 Å². The monoisotopic (exact) mass is 210 g/mol. The Hall–Kier alpha value is -1.36. The maximum atomic E-state index is 11.0. The molecule has 1 atom stereocenters. The van der Waals surface area contributed by atoms with Gasteiger partial charge < -0.3 is 10.2 Å². The highest BCUT2D eigenvalue weighted by molar-refractivity contribution is 5.39. The van der Waals surface area contributed by atoms with Crippen LogP contribution in [0.5, 0.6) is 0 Å². The quantitative estimate of drug-likeness (QED) is 0.744. The fraction of sp³-hybridized carbons (Fsp3) is 0.600. The first-order valence-electron chi connectivity index (χ1n) is 5.04. The molecule has 0 bridgehead atoms. The Morgan fingerprint density at radius 3 is 2.93 bits per heavy atom. The summed E-state index contributed by atoms with van der Waals surface area (Å²) in [4.78, 5) is 13.1. The summed E-state index contributed by atoms with van der Waals surface area (Å²) in [6.45, 7) is 3.11. The zero-order valence-electron chi connectivity index (χ0n) is 9.45. The summed E-state index contributed by atoms with van der Waals surface area (Å²) in [5.41, 5.74) is 0.588. The van der Waals surface area contributed by atoms with Gasteiger partial charge >= 0.3 is 0 Å². The van der Waals surface area contributed by atoms with Crippen molar-refractivity contribution in [3.63, 3.8) is 0 Å². The van der Waals surface area contributed by atoms with Crippen LogP contribution in [0.3, 0.4) is 0 Å². The smallest absolute Gasteiger partial charge is 0.266 e. The highest BCUT2D eigenvalue weighted by Gasteiger charge is 2.03. The Morgan fingerprint density at radius 2 is 2.33 bits per heavy atom. The molecule has 0 amide bonds. The molecule has 1 rings (SSSR count). The highest BCUT2D eigenvalue weighted by atomic mass is 16.1. The van der Waals surface area contributed by atoms with Gasteiger partial charge in [0.25, 0.3) is 5.56 Å². The van der Waals surface area contributed by atoms with Crippen LogP contribution in [0.15, 0.2) is 17.1 Å². The van der Waals surface area contributed by atoms with Crippen molar-refractivity contribution in [3.8, 4) is 0 Å². The van der Waals surface area contributed by atoms with Crippen LogP contribution in [0.2, 0.25) is 0 Å². The van der Waals surface area contributed by atoms with E-state index in [0.717, 1.165) is 18.7 Å². The van der Waals surface area contributed by atoms with Gasteiger partial charge in [-0.15, -0.1) is 0 Å². The summed E-state index contributed by atoms with van der Waals surface area (Å²) < 4.78 is 0. The summed E-state index contributed by atoms with van der Waals surface area (Å²) in [5, 5.41) is 9.29. The SMILES string of the molecule is CC(CCN(C)C)Nc1cn[nH]c(=O)c1. The number of anilines is 1. The van der Waals surface area contributed by atoms with Crippen molar-refractivity contribution >= 4 is 5.69 Å². The molecule has 5 nitrogen and oxygen atoms in total. The number of hydrogen-bond acceptors (Lipinski definition) is 4.